The zero-order chi connectivity index (χ0) is 14.6. The van der Waals surface area contributed by atoms with E-state index in [1.807, 2.05) is 0 Å². The second kappa shape index (κ2) is 6.33. The lowest BCUT2D eigenvalue weighted by Gasteiger charge is -2.27. The SMILES string of the molecule is O=C(O)[C@@H](Cc1cnc[nH]1)NS(=O)(=O)N1CCCCC1. The maximum atomic E-state index is 12.2. The van der Waals surface area contributed by atoms with Crippen LogP contribution in [0, 0.1) is 0 Å². The predicted octanol–water partition coefficient (Wildman–Crippen LogP) is -0.274. The van der Waals surface area contributed by atoms with Gasteiger partial charge in [0.2, 0.25) is 0 Å². The number of nitrogens with zero attached hydrogens (tertiary/aromatic N) is 2. The summed E-state index contributed by atoms with van der Waals surface area (Å²) in [7, 11) is -3.76. The van der Waals surface area contributed by atoms with Crippen molar-refractivity contribution in [2.75, 3.05) is 13.1 Å². The van der Waals surface area contributed by atoms with Crippen molar-refractivity contribution in [1.82, 2.24) is 19.0 Å². The first-order valence-electron chi connectivity index (χ1n) is 6.46. The third-order valence-electron chi connectivity index (χ3n) is 3.22. The summed E-state index contributed by atoms with van der Waals surface area (Å²) in [5.41, 5.74) is 0.568. The predicted molar refractivity (Wildman–Crippen MR) is 71.2 cm³/mol. The first-order valence-corrected chi connectivity index (χ1v) is 7.90. The smallest absolute Gasteiger partial charge is 0.322 e. The topological polar surface area (TPSA) is 115 Å². The fourth-order valence-corrected chi connectivity index (χ4v) is 3.59. The second-order valence-electron chi connectivity index (χ2n) is 4.75. The van der Waals surface area contributed by atoms with E-state index in [9.17, 15) is 13.2 Å². The molecule has 0 unspecified atom stereocenters. The van der Waals surface area contributed by atoms with Gasteiger partial charge in [-0.1, -0.05) is 6.42 Å². The lowest BCUT2D eigenvalue weighted by Crippen LogP contribution is -2.50. The van der Waals surface area contributed by atoms with Gasteiger partial charge in [-0.3, -0.25) is 4.79 Å². The average molecular weight is 302 g/mol. The molecule has 2 heterocycles. The summed E-state index contributed by atoms with van der Waals surface area (Å²) in [6.45, 7) is 0.872. The quantitative estimate of drug-likeness (QED) is 0.669. The first kappa shape index (κ1) is 14.9. The molecule has 3 N–H and O–H groups in total. The molecule has 112 valence electrons. The molecule has 1 aromatic rings. The molecule has 0 aromatic carbocycles. The van der Waals surface area contributed by atoms with Crippen LogP contribution in [0.1, 0.15) is 25.0 Å². The molecule has 0 amide bonds. The minimum absolute atomic E-state index is 0.0302. The Morgan fingerprint density at radius 3 is 2.70 bits per heavy atom. The Morgan fingerprint density at radius 2 is 2.15 bits per heavy atom. The molecule has 9 heteroatoms. The zero-order valence-electron chi connectivity index (χ0n) is 10.9. The summed E-state index contributed by atoms with van der Waals surface area (Å²) in [5.74, 6) is -1.21. The van der Waals surface area contributed by atoms with E-state index < -0.39 is 22.2 Å². The fraction of sp³-hybridized carbons (Fsp3) is 0.636. The van der Waals surface area contributed by atoms with Gasteiger partial charge in [-0.25, -0.2) is 4.98 Å². The van der Waals surface area contributed by atoms with Crippen molar-refractivity contribution >= 4 is 16.2 Å². The number of hydrogen-bond donors (Lipinski definition) is 3. The van der Waals surface area contributed by atoms with Crippen LogP contribution in [0.15, 0.2) is 12.5 Å². The lowest BCUT2D eigenvalue weighted by molar-refractivity contribution is -0.139. The highest BCUT2D eigenvalue weighted by Gasteiger charge is 2.30. The molecule has 1 saturated heterocycles. The summed E-state index contributed by atoms with van der Waals surface area (Å²) in [4.78, 5) is 17.8. The van der Waals surface area contributed by atoms with Crippen molar-refractivity contribution in [3.05, 3.63) is 18.2 Å². The maximum absolute atomic E-state index is 12.2. The Bertz CT molecular complexity index is 537. The van der Waals surface area contributed by atoms with Crippen LogP contribution in [0.25, 0.3) is 0 Å². The van der Waals surface area contributed by atoms with Gasteiger partial charge in [0, 0.05) is 31.4 Å². The van der Waals surface area contributed by atoms with Crippen LogP contribution in [0.5, 0.6) is 0 Å². The first-order chi connectivity index (χ1) is 9.49. The number of aromatic amines is 1. The largest absolute Gasteiger partial charge is 0.480 e. The van der Waals surface area contributed by atoms with Gasteiger partial charge in [0.15, 0.2) is 0 Å². The molecule has 1 fully saturated rings. The van der Waals surface area contributed by atoms with Crippen LogP contribution in [0.2, 0.25) is 0 Å². The summed E-state index contributed by atoms with van der Waals surface area (Å²) >= 11 is 0. The van der Waals surface area contributed by atoms with Crippen molar-refractivity contribution in [3.8, 4) is 0 Å². The van der Waals surface area contributed by atoms with Crippen molar-refractivity contribution in [1.29, 1.82) is 0 Å². The van der Waals surface area contributed by atoms with Crippen molar-refractivity contribution in [2.45, 2.75) is 31.7 Å². The third kappa shape index (κ3) is 3.78. The van der Waals surface area contributed by atoms with Gasteiger partial charge >= 0.3 is 5.97 Å². The Balaban J connectivity index is 2.05. The van der Waals surface area contributed by atoms with Crippen LogP contribution >= 0.6 is 0 Å². The number of hydrogen-bond acceptors (Lipinski definition) is 4. The fourth-order valence-electron chi connectivity index (χ4n) is 2.16. The normalized spacial score (nSPS) is 18.8. The summed E-state index contributed by atoms with van der Waals surface area (Å²) in [6.07, 6.45) is 5.54. The van der Waals surface area contributed by atoms with Crippen LogP contribution in [-0.4, -0.2) is 52.9 Å². The molecule has 8 nitrogen and oxygen atoms in total. The Kier molecular flexibility index (Phi) is 4.73. The van der Waals surface area contributed by atoms with E-state index in [1.54, 1.807) is 0 Å². The molecule has 20 heavy (non-hydrogen) atoms. The summed E-state index contributed by atoms with van der Waals surface area (Å²) < 4.78 is 27.9. The van der Waals surface area contributed by atoms with E-state index >= 15 is 0 Å². The van der Waals surface area contributed by atoms with Gasteiger partial charge < -0.3 is 10.1 Å². The van der Waals surface area contributed by atoms with E-state index in [-0.39, 0.29) is 6.42 Å². The molecule has 0 spiro atoms. The molecule has 1 aliphatic rings. The van der Waals surface area contributed by atoms with E-state index in [2.05, 4.69) is 14.7 Å². The minimum Gasteiger partial charge on any atom is -0.480 e. The number of H-pyrrole nitrogens is 1. The molecule has 0 radical (unpaired) electrons. The Labute approximate surface area is 117 Å². The van der Waals surface area contributed by atoms with Gasteiger partial charge in [-0.15, -0.1) is 0 Å². The van der Waals surface area contributed by atoms with Gasteiger partial charge in [0.05, 0.1) is 6.33 Å². The molecular weight excluding hydrogens is 284 g/mol. The van der Waals surface area contributed by atoms with Gasteiger partial charge in [0.1, 0.15) is 6.04 Å². The van der Waals surface area contributed by atoms with Gasteiger partial charge in [0.25, 0.3) is 10.2 Å². The molecule has 0 saturated carbocycles. The summed E-state index contributed by atoms with van der Waals surface area (Å²) in [5, 5.41) is 9.15. The van der Waals surface area contributed by atoms with Crippen molar-refractivity contribution < 1.29 is 18.3 Å². The molecular formula is C11H18N4O4S. The molecule has 1 aromatic heterocycles. The highest BCUT2D eigenvalue weighted by Crippen LogP contribution is 2.13. The van der Waals surface area contributed by atoms with Crippen LogP contribution in [0.3, 0.4) is 0 Å². The highest BCUT2D eigenvalue weighted by molar-refractivity contribution is 7.87. The van der Waals surface area contributed by atoms with E-state index in [4.69, 9.17) is 5.11 Å². The van der Waals surface area contributed by atoms with Crippen molar-refractivity contribution in [2.24, 2.45) is 0 Å². The number of carboxylic acids is 1. The van der Waals surface area contributed by atoms with Gasteiger partial charge in [-0.2, -0.15) is 17.4 Å². The molecule has 1 aliphatic heterocycles. The minimum atomic E-state index is -3.76. The molecule has 2 rings (SSSR count). The van der Waals surface area contributed by atoms with Crippen LogP contribution in [-0.2, 0) is 21.4 Å². The van der Waals surface area contributed by atoms with Crippen LogP contribution in [0.4, 0.5) is 0 Å². The lowest BCUT2D eigenvalue weighted by atomic mass is 10.2. The average Bonchev–Trinajstić information content (AvgIpc) is 2.91. The number of carboxylic acid groups (broad SMARTS) is 1. The molecule has 1 atom stereocenters. The van der Waals surface area contributed by atoms with Gasteiger partial charge in [-0.05, 0) is 12.8 Å². The Hall–Kier alpha value is -1.45. The van der Waals surface area contributed by atoms with Crippen molar-refractivity contribution in [3.63, 3.8) is 0 Å². The number of rotatable bonds is 6. The van der Waals surface area contributed by atoms with E-state index in [0.717, 1.165) is 19.3 Å². The molecule has 0 aliphatic carbocycles. The number of piperidine rings is 1. The highest BCUT2D eigenvalue weighted by atomic mass is 32.2. The number of imidazole rings is 1. The third-order valence-corrected chi connectivity index (χ3v) is 4.85. The number of nitrogens with one attached hydrogen (secondary N) is 2. The second-order valence-corrected chi connectivity index (χ2v) is 6.46. The zero-order valence-corrected chi connectivity index (χ0v) is 11.8. The number of aromatic nitrogens is 2. The molecule has 0 bridgehead atoms. The number of carbonyl (C=O) groups is 1. The Morgan fingerprint density at radius 1 is 1.45 bits per heavy atom. The number of aliphatic carboxylic acids is 1. The van der Waals surface area contributed by atoms with Crippen LogP contribution < -0.4 is 4.72 Å². The van der Waals surface area contributed by atoms with E-state index in [1.165, 1.54) is 16.8 Å². The van der Waals surface area contributed by atoms with E-state index in [0.29, 0.717) is 18.8 Å². The summed E-state index contributed by atoms with van der Waals surface area (Å²) in [6, 6.07) is -1.21. The standard InChI is InChI=1S/C11H18N4O4S/c16-11(17)10(6-9-7-12-8-13-9)14-20(18,19)15-4-2-1-3-5-15/h7-8,10,14H,1-6H2,(H,12,13)(H,16,17)/t10-/m1/s1. The maximum Gasteiger partial charge on any atom is 0.322 e. The monoisotopic (exact) mass is 302 g/mol.